The predicted molar refractivity (Wildman–Crippen MR) is 280 cm³/mol. The van der Waals surface area contributed by atoms with E-state index in [0.717, 1.165) is 17.1 Å². The second-order valence-electron chi connectivity index (χ2n) is 18.9. The summed E-state index contributed by atoms with van der Waals surface area (Å²) < 4.78 is 0. The molecule has 0 N–H and O–H groups in total. The van der Waals surface area contributed by atoms with Crippen molar-refractivity contribution in [2.45, 2.75) is 38.1 Å². The topological polar surface area (TPSA) is 6.48 Å². The highest BCUT2D eigenvalue weighted by Gasteiger charge is 2.38. The van der Waals surface area contributed by atoms with Gasteiger partial charge in [0.2, 0.25) is 0 Å². The molecule has 0 saturated carbocycles. The maximum absolute atomic E-state index is 2.51. The van der Waals surface area contributed by atoms with Gasteiger partial charge >= 0.3 is 0 Å². The lowest BCUT2D eigenvalue weighted by molar-refractivity contribution is 0.660. The fourth-order valence-corrected chi connectivity index (χ4v) is 11.7. The average Bonchev–Trinajstić information content (AvgIpc) is 3.81. The molecule has 0 radical (unpaired) electrons. The monoisotopic (exact) mass is 844 g/mol. The number of allylic oxidation sites excluding steroid dienone is 2. The van der Waals surface area contributed by atoms with Gasteiger partial charge in [-0.1, -0.05) is 183 Å². The lowest BCUT2D eigenvalue weighted by Gasteiger charge is -2.30. The van der Waals surface area contributed by atoms with E-state index < -0.39 is 0 Å². The third-order valence-corrected chi connectivity index (χ3v) is 14.8. The van der Waals surface area contributed by atoms with Crippen molar-refractivity contribution in [1.82, 2.24) is 0 Å². The molecule has 0 fully saturated rings. The second kappa shape index (κ2) is 14.8. The van der Waals surface area contributed by atoms with Crippen molar-refractivity contribution in [2.24, 2.45) is 0 Å². The molecule has 2 nitrogen and oxygen atoms in total. The maximum atomic E-state index is 2.51. The smallest absolute Gasteiger partial charge is 0.0629 e. The Balaban J connectivity index is 0.915. The number of fused-ring (bicyclic) bond motifs is 9. The molecule has 3 aliphatic rings. The summed E-state index contributed by atoms with van der Waals surface area (Å²) in [5, 5.41) is 7.66. The van der Waals surface area contributed by atoms with Gasteiger partial charge < -0.3 is 9.80 Å². The first-order valence-corrected chi connectivity index (χ1v) is 23.3. The summed E-state index contributed by atoms with van der Waals surface area (Å²) in [6.07, 6.45) is 9.07. The van der Waals surface area contributed by atoms with Crippen LogP contribution >= 0.6 is 0 Å². The minimum Gasteiger partial charge on any atom is -0.333 e. The number of aryl methyl sites for hydroxylation is 1. The molecule has 1 aliphatic heterocycles. The molecule has 0 saturated heterocycles. The number of rotatable bonds is 6. The van der Waals surface area contributed by atoms with Crippen molar-refractivity contribution in [3.63, 3.8) is 0 Å². The molecule has 2 atom stereocenters. The molecule has 2 unspecified atom stereocenters. The van der Waals surface area contributed by atoms with Crippen molar-refractivity contribution in [2.75, 3.05) is 9.80 Å². The van der Waals surface area contributed by atoms with Crippen LogP contribution in [-0.2, 0) is 5.41 Å². The van der Waals surface area contributed by atoms with E-state index in [1.165, 1.54) is 99.3 Å². The molecular formula is C64H48N2. The van der Waals surface area contributed by atoms with Crippen LogP contribution in [0.15, 0.2) is 224 Å². The highest BCUT2D eigenvalue weighted by molar-refractivity contribution is 6.23. The molecule has 66 heavy (non-hydrogen) atoms. The van der Waals surface area contributed by atoms with Crippen LogP contribution in [0, 0.1) is 6.92 Å². The molecule has 0 bridgehead atoms. The Labute approximate surface area is 387 Å². The Morgan fingerprint density at radius 1 is 0.455 bits per heavy atom. The summed E-state index contributed by atoms with van der Waals surface area (Å²) in [5.41, 5.74) is 18.8. The minimum absolute atomic E-state index is 0.241. The highest BCUT2D eigenvalue weighted by Crippen LogP contribution is 2.54. The van der Waals surface area contributed by atoms with Crippen LogP contribution in [0.1, 0.15) is 42.0 Å². The molecule has 13 rings (SSSR count). The van der Waals surface area contributed by atoms with Crippen LogP contribution in [0.5, 0.6) is 0 Å². The van der Waals surface area contributed by atoms with Crippen LogP contribution in [0.2, 0.25) is 0 Å². The molecule has 10 aromatic rings. The lowest BCUT2D eigenvalue weighted by Crippen LogP contribution is -2.28. The van der Waals surface area contributed by atoms with Gasteiger partial charge in [0.15, 0.2) is 0 Å². The third kappa shape index (κ3) is 5.81. The largest absolute Gasteiger partial charge is 0.333 e. The summed E-state index contributed by atoms with van der Waals surface area (Å²) in [5.74, 6) is 0.353. The van der Waals surface area contributed by atoms with Gasteiger partial charge in [-0.15, -0.1) is 0 Å². The molecule has 10 aromatic carbocycles. The van der Waals surface area contributed by atoms with Crippen LogP contribution < -0.4 is 9.80 Å². The Kier molecular flexibility index (Phi) is 8.64. The Bertz CT molecular complexity index is 3640. The van der Waals surface area contributed by atoms with E-state index >= 15 is 0 Å². The molecular weight excluding hydrogens is 797 g/mol. The molecule has 0 amide bonds. The molecule has 2 heteroatoms. The van der Waals surface area contributed by atoms with E-state index in [1.54, 1.807) is 0 Å². The first kappa shape index (κ1) is 38.5. The molecule has 0 spiro atoms. The maximum Gasteiger partial charge on any atom is 0.0629 e. The summed E-state index contributed by atoms with van der Waals surface area (Å²) >= 11 is 0. The van der Waals surface area contributed by atoms with Crippen molar-refractivity contribution in [1.29, 1.82) is 0 Å². The van der Waals surface area contributed by atoms with Crippen molar-refractivity contribution in [3.05, 3.63) is 247 Å². The summed E-state index contributed by atoms with van der Waals surface area (Å²) in [6.45, 7) is 7.04. The van der Waals surface area contributed by atoms with E-state index in [4.69, 9.17) is 0 Å². The Morgan fingerprint density at radius 2 is 1.09 bits per heavy atom. The number of nitrogens with zero attached hydrogens (tertiary/aromatic N) is 2. The Morgan fingerprint density at radius 3 is 1.92 bits per heavy atom. The van der Waals surface area contributed by atoms with Crippen LogP contribution in [0.25, 0.3) is 65.7 Å². The fourth-order valence-electron chi connectivity index (χ4n) is 11.7. The summed E-state index contributed by atoms with van der Waals surface area (Å²) in [4.78, 5) is 4.92. The summed E-state index contributed by atoms with van der Waals surface area (Å²) in [7, 11) is 0. The molecule has 1 heterocycles. The van der Waals surface area contributed by atoms with Crippen LogP contribution in [0.3, 0.4) is 0 Å². The zero-order chi connectivity index (χ0) is 44.1. The second-order valence-corrected chi connectivity index (χ2v) is 18.9. The van der Waals surface area contributed by atoms with E-state index in [9.17, 15) is 0 Å². The summed E-state index contributed by atoms with van der Waals surface area (Å²) in [6, 6.07) is 75.1. The van der Waals surface area contributed by atoms with Gasteiger partial charge in [-0.05, 0) is 150 Å². The minimum atomic E-state index is -0.241. The molecule has 2 aliphatic carbocycles. The van der Waals surface area contributed by atoms with Gasteiger partial charge in [0.05, 0.1) is 6.04 Å². The van der Waals surface area contributed by atoms with Gasteiger partial charge in [-0.25, -0.2) is 0 Å². The van der Waals surface area contributed by atoms with Crippen molar-refractivity contribution < 1.29 is 0 Å². The van der Waals surface area contributed by atoms with E-state index in [1.807, 2.05) is 0 Å². The lowest BCUT2D eigenvalue weighted by atomic mass is 9.80. The number of anilines is 5. The van der Waals surface area contributed by atoms with E-state index in [2.05, 4.69) is 255 Å². The number of para-hydroxylation sites is 2. The van der Waals surface area contributed by atoms with Gasteiger partial charge in [0.1, 0.15) is 0 Å². The van der Waals surface area contributed by atoms with Gasteiger partial charge in [-0.2, -0.15) is 0 Å². The van der Waals surface area contributed by atoms with Crippen molar-refractivity contribution in [3.8, 4) is 33.4 Å². The zero-order valence-corrected chi connectivity index (χ0v) is 37.4. The normalized spacial score (nSPS) is 16.4. The van der Waals surface area contributed by atoms with Crippen molar-refractivity contribution >= 4 is 60.8 Å². The average molecular weight is 845 g/mol. The fraction of sp³-hybridized carbons (Fsp3) is 0.0938. The SMILES string of the molecule is Cc1ccc2c(-c3cccc4ccccc34)c3ccccc3c(-c3ccc4c(c3)C(C)(C)c3cc(N(c5ccccc5)c5ccc(N6c7ccccc7C7C=CC=CC76)cc5)ccc3-4)c2c1. The molecule has 0 aromatic heterocycles. The number of benzene rings is 10. The number of hydrogen-bond acceptors (Lipinski definition) is 2. The zero-order valence-electron chi connectivity index (χ0n) is 37.4. The van der Waals surface area contributed by atoms with Gasteiger partial charge in [0, 0.05) is 39.8 Å². The van der Waals surface area contributed by atoms with Gasteiger partial charge in [-0.3, -0.25) is 0 Å². The quantitative estimate of drug-likeness (QED) is 0.154. The first-order valence-electron chi connectivity index (χ1n) is 23.3. The van der Waals surface area contributed by atoms with Gasteiger partial charge in [0.25, 0.3) is 0 Å². The standard InChI is InChI=1S/C64H48N2/c1-41-28-35-56-57(38-41)62(54-23-9-10-24-55(54)63(56)53-25-15-17-42-16-7-8-20-48(42)53)43-29-36-49-50-37-34-47(40-59(50)64(2,3)58(49)39-43)65(44-18-5-4-6-19-44)45-30-32-46(33-31-45)66-60-26-13-11-21-51(60)52-22-12-14-27-61(52)66/h4-40,51,60H,1-3H3. The Hall–Kier alpha value is -7.94. The van der Waals surface area contributed by atoms with E-state index in [-0.39, 0.29) is 11.5 Å². The third-order valence-electron chi connectivity index (χ3n) is 14.8. The van der Waals surface area contributed by atoms with E-state index in [0.29, 0.717) is 5.92 Å². The van der Waals surface area contributed by atoms with Crippen LogP contribution in [0.4, 0.5) is 28.4 Å². The highest BCUT2D eigenvalue weighted by atomic mass is 15.2. The predicted octanol–water partition coefficient (Wildman–Crippen LogP) is 17.3. The first-order chi connectivity index (χ1) is 32.4. The number of hydrogen-bond donors (Lipinski definition) is 0. The van der Waals surface area contributed by atoms with Crippen LogP contribution in [-0.4, -0.2) is 6.04 Å². The molecule has 314 valence electrons.